The first-order valence-corrected chi connectivity index (χ1v) is 13.7. The van der Waals surface area contributed by atoms with Crippen molar-refractivity contribution < 1.29 is 9.47 Å². The van der Waals surface area contributed by atoms with Gasteiger partial charge in [0, 0.05) is 30.8 Å². The van der Waals surface area contributed by atoms with Crippen molar-refractivity contribution in [2.24, 2.45) is 0 Å². The number of ether oxygens (including phenoxy) is 2. The molecule has 0 saturated carbocycles. The number of nitrogens with zero attached hydrogens (tertiary/aromatic N) is 5. The molecule has 0 amide bonds. The van der Waals surface area contributed by atoms with Crippen LogP contribution in [0.5, 0.6) is 5.75 Å². The summed E-state index contributed by atoms with van der Waals surface area (Å²) in [6, 6.07) is 15.7. The molecule has 9 heteroatoms. The van der Waals surface area contributed by atoms with Crippen molar-refractivity contribution in [2.75, 3.05) is 20.3 Å². The Bertz CT molecular complexity index is 1460. The molecule has 5 rings (SSSR count). The van der Waals surface area contributed by atoms with E-state index in [1.807, 2.05) is 28.9 Å². The van der Waals surface area contributed by atoms with Crippen molar-refractivity contribution in [1.82, 2.24) is 30.1 Å². The van der Waals surface area contributed by atoms with E-state index in [-0.39, 0.29) is 17.2 Å². The van der Waals surface area contributed by atoms with Gasteiger partial charge in [-0.2, -0.15) is 0 Å². The highest BCUT2D eigenvalue weighted by Crippen LogP contribution is 2.32. The molecule has 0 unspecified atom stereocenters. The maximum atomic E-state index is 13.8. The van der Waals surface area contributed by atoms with E-state index in [1.165, 1.54) is 5.56 Å². The fraction of sp³-hybridized carbons (Fsp3) is 0.467. The monoisotopic (exact) mass is 530 g/mol. The number of hydrogen-bond donors (Lipinski definition) is 1. The Morgan fingerprint density at radius 2 is 1.92 bits per heavy atom. The first kappa shape index (κ1) is 27.0. The summed E-state index contributed by atoms with van der Waals surface area (Å²) in [7, 11) is 1.66. The molecule has 3 heterocycles. The molecule has 1 fully saturated rings. The van der Waals surface area contributed by atoms with Gasteiger partial charge in [0.25, 0.3) is 5.56 Å². The van der Waals surface area contributed by atoms with E-state index in [9.17, 15) is 4.79 Å². The molecule has 0 aliphatic carbocycles. The van der Waals surface area contributed by atoms with Crippen LogP contribution in [-0.2, 0) is 23.2 Å². The fourth-order valence-electron chi connectivity index (χ4n) is 5.31. The van der Waals surface area contributed by atoms with Crippen molar-refractivity contribution >= 4 is 10.9 Å². The van der Waals surface area contributed by atoms with Crippen LogP contribution in [0.3, 0.4) is 0 Å². The van der Waals surface area contributed by atoms with E-state index in [1.54, 1.807) is 7.11 Å². The van der Waals surface area contributed by atoms with Gasteiger partial charge in [0.2, 0.25) is 0 Å². The topological polar surface area (TPSA) is 98.2 Å². The molecule has 206 valence electrons. The highest BCUT2D eigenvalue weighted by Gasteiger charge is 2.35. The van der Waals surface area contributed by atoms with Gasteiger partial charge in [-0.05, 0) is 97.3 Å². The summed E-state index contributed by atoms with van der Waals surface area (Å²) in [6.45, 7) is 10.3. The van der Waals surface area contributed by atoms with Crippen LogP contribution in [0.15, 0.2) is 53.3 Å². The maximum absolute atomic E-state index is 13.8. The zero-order valence-corrected chi connectivity index (χ0v) is 23.5. The average Bonchev–Trinajstić information content (AvgIpc) is 3.62. The number of tetrazole rings is 1. The Morgan fingerprint density at radius 1 is 1.15 bits per heavy atom. The van der Waals surface area contributed by atoms with Crippen molar-refractivity contribution in [1.29, 1.82) is 0 Å². The third-order valence-electron chi connectivity index (χ3n) is 7.39. The number of hydrogen-bond acceptors (Lipinski definition) is 7. The minimum atomic E-state index is -0.496. The van der Waals surface area contributed by atoms with Crippen LogP contribution >= 0.6 is 0 Å². The zero-order valence-electron chi connectivity index (χ0n) is 23.5. The fourth-order valence-corrected chi connectivity index (χ4v) is 5.31. The van der Waals surface area contributed by atoms with E-state index in [4.69, 9.17) is 9.47 Å². The lowest BCUT2D eigenvalue weighted by Crippen LogP contribution is -2.40. The second-order valence-corrected chi connectivity index (χ2v) is 11.3. The van der Waals surface area contributed by atoms with Gasteiger partial charge in [0.15, 0.2) is 5.82 Å². The number of aromatic amines is 1. The molecule has 1 aliphatic rings. The van der Waals surface area contributed by atoms with Gasteiger partial charge < -0.3 is 14.5 Å². The lowest BCUT2D eigenvalue weighted by Gasteiger charge is -2.34. The minimum absolute atomic E-state index is 0.0657. The number of aromatic nitrogens is 5. The number of aryl methyl sites for hydroxylation is 1. The normalized spacial score (nSPS) is 16.7. The molecule has 2 aromatic carbocycles. The first-order valence-electron chi connectivity index (χ1n) is 13.7. The highest BCUT2D eigenvalue weighted by molar-refractivity contribution is 5.80. The molecule has 1 N–H and O–H groups in total. The predicted octanol–water partition coefficient (Wildman–Crippen LogP) is 4.61. The molecule has 2 aromatic heterocycles. The van der Waals surface area contributed by atoms with E-state index < -0.39 is 6.04 Å². The Kier molecular flexibility index (Phi) is 7.81. The highest BCUT2D eigenvalue weighted by atomic mass is 16.5. The van der Waals surface area contributed by atoms with Crippen LogP contribution in [0.2, 0.25) is 0 Å². The van der Waals surface area contributed by atoms with Crippen LogP contribution in [-0.4, -0.2) is 56.5 Å². The van der Waals surface area contributed by atoms with Crippen LogP contribution in [0.1, 0.15) is 69.1 Å². The Labute approximate surface area is 229 Å². The summed E-state index contributed by atoms with van der Waals surface area (Å²) >= 11 is 0. The third kappa shape index (κ3) is 5.89. The van der Waals surface area contributed by atoms with Gasteiger partial charge in [-0.1, -0.05) is 25.1 Å². The van der Waals surface area contributed by atoms with Gasteiger partial charge in [0.1, 0.15) is 11.8 Å². The molecule has 1 aliphatic heterocycles. The van der Waals surface area contributed by atoms with Gasteiger partial charge in [-0.3, -0.25) is 9.69 Å². The Balaban J connectivity index is 1.68. The van der Waals surface area contributed by atoms with Crippen LogP contribution in [0.4, 0.5) is 0 Å². The number of nitrogens with one attached hydrogen (secondary N) is 1. The zero-order chi connectivity index (χ0) is 27.6. The SMILES string of the molecule is CCc1ccc2[nH]c(=O)c([C@H](c3nnnn3C(C)(C)C)N(Cc3ccc(OC)cc3)C[C@@H]3CCCO3)cc2c1. The lowest BCUT2D eigenvalue weighted by atomic mass is 9.99. The quantitative estimate of drug-likeness (QED) is 0.337. The number of fused-ring (bicyclic) bond motifs is 1. The average molecular weight is 531 g/mol. The molecule has 0 radical (unpaired) electrons. The molecule has 1 saturated heterocycles. The molecular weight excluding hydrogens is 492 g/mol. The standard InChI is InChI=1S/C30H38N6O3/c1-6-20-11-14-26-22(16-20)17-25(29(37)31-26)27(28-32-33-34-36(28)30(2,3)4)35(19-24-8-7-15-39-24)18-21-9-12-23(38-5)13-10-21/h9-14,16-17,24,27H,6-8,15,18-19H2,1-5H3,(H,31,37)/t24-,27+/m0/s1. The van der Waals surface area contributed by atoms with Crippen molar-refractivity contribution in [3.8, 4) is 5.75 Å². The molecule has 9 nitrogen and oxygen atoms in total. The number of methoxy groups -OCH3 is 1. The van der Waals surface area contributed by atoms with Gasteiger partial charge in [-0.15, -0.1) is 5.10 Å². The minimum Gasteiger partial charge on any atom is -0.497 e. The molecule has 4 aromatic rings. The lowest BCUT2D eigenvalue weighted by molar-refractivity contribution is 0.0564. The smallest absolute Gasteiger partial charge is 0.253 e. The predicted molar refractivity (Wildman–Crippen MR) is 151 cm³/mol. The van der Waals surface area contributed by atoms with Crippen LogP contribution in [0, 0.1) is 0 Å². The summed E-state index contributed by atoms with van der Waals surface area (Å²) in [6.07, 6.45) is 2.99. The van der Waals surface area contributed by atoms with E-state index in [0.717, 1.165) is 48.1 Å². The number of H-pyrrole nitrogens is 1. The van der Waals surface area contributed by atoms with Crippen molar-refractivity contribution in [3.63, 3.8) is 0 Å². The van der Waals surface area contributed by atoms with Crippen molar-refractivity contribution in [2.45, 2.75) is 71.2 Å². The second-order valence-electron chi connectivity index (χ2n) is 11.3. The Hall–Kier alpha value is -3.56. The van der Waals surface area contributed by atoms with Crippen LogP contribution in [0.25, 0.3) is 10.9 Å². The van der Waals surface area contributed by atoms with Crippen LogP contribution < -0.4 is 10.3 Å². The van der Waals surface area contributed by atoms with E-state index in [2.05, 4.69) is 77.4 Å². The van der Waals surface area contributed by atoms with Gasteiger partial charge in [0.05, 0.1) is 18.8 Å². The summed E-state index contributed by atoms with van der Waals surface area (Å²) in [5, 5.41) is 14.0. The van der Waals surface area contributed by atoms with Crippen molar-refractivity contribution in [3.05, 3.63) is 81.4 Å². The summed E-state index contributed by atoms with van der Waals surface area (Å²) in [5.41, 5.74) is 3.21. The first-order chi connectivity index (χ1) is 18.8. The second kappa shape index (κ2) is 11.3. The molecule has 39 heavy (non-hydrogen) atoms. The summed E-state index contributed by atoms with van der Waals surface area (Å²) in [4.78, 5) is 19.2. The number of rotatable bonds is 9. The molecule has 2 atom stereocenters. The molecule has 0 bridgehead atoms. The third-order valence-corrected chi connectivity index (χ3v) is 7.39. The number of benzene rings is 2. The Morgan fingerprint density at radius 3 is 2.59 bits per heavy atom. The maximum Gasteiger partial charge on any atom is 0.253 e. The van der Waals surface area contributed by atoms with E-state index in [0.29, 0.717) is 24.5 Å². The van der Waals surface area contributed by atoms with Gasteiger partial charge in [-0.25, -0.2) is 4.68 Å². The summed E-state index contributed by atoms with van der Waals surface area (Å²) < 4.78 is 13.3. The summed E-state index contributed by atoms with van der Waals surface area (Å²) in [5.74, 6) is 1.43. The number of pyridine rings is 1. The largest absolute Gasteiger partial charge is 0.497 e. The molecule has 0 spiro atoms. The van der Waals surface area contributed by atoms with Gasteiger partial charge >= 0.3 is 0 Å². The molecular formula is C30H38N6O3. The van der Waals surface area contributed by atoms with E-state index >= 15 is 0 Å².